The van der Waals surface area contributed by atoms with Gasteiger partial charge in [0.2, 0.25) is 0 Å². The van der Waals surface area contributed by atoms with Gasteiger partial charge in [0, 0.05) is 44.8 Å². The monoisotopic (exact) mass is 275 g/mol. The summed E-state index contributed by atoms with van der Waals surface area (Å²) in [6.45, 7) is 6.39. The summed E-state index contributed by atoms with van der Waals surface area (Å²) in [4.78, 5) is 9.00. The van der Waals surface area contributed by atoms with E-state index in [1.807, 2.05) is 25.6 Å². The van der Waals surface area contributed by atoms with Gasteiger partial charge in [-0.3, -0.25) is 0 Å². The molecule has 0 saturated carbocycles. The number of aryl methyl sites for hydroxylation is 2. The van der Waals surface area contributed by atoms with Crippen molar-refractivity contribution in [2.75, 3.05) is 6.54 Å². The van der Waals surface area contributed by atoms with Crippen LogP contribution in [-0.2, 0) is 20.0 Å². The second-order valence-corrected chi connectivity index (χ2v) is 5.14. The second-order valence-electron chi connectivity index (χ2n) is 5.14. The van der Waals surface area contributed by atoms with E-state index in [0.717, 1.165) is 44.0 Å². The molecule has 0 aliphatic carbocycles. The molecule has 1 atom stereocenters. The number of hydrogen-bond acceptors (Lipinski definition) is 3. The molecule has 5 heteroatoms. The van der Waals surface area contributed by atoms with Crippen LogP contribution in [0.2, 0.25) is 0 Å². The lowest BCUT2D eigenvalue weighted by molar-refractivity contribution is 0.471. The normalized spacial score (nSPS) is 12.8. The van der Waals surface area contributed by atoms with E-state index >= 15 is 0 Å². The fraction of sp³-hybridized carbons (Fsp3) is 0.600. The first-order valence-electron chi connectivity index (χ1n) is 7.46. The van der Waals surface area contributed by atoms with Crippen molar-refractivity contribution in [1.82, 2.24) is 24.4 Å². The Morgan fingerprint density at radius 2 is 1.95 bits per heavy atom. The smallest absolute Gasteiger partial charge is 0.126 e. The Morgan fingerprint density at radius 1 is 1.15 bits per heavy atom. The number of rotatable bonds is 8. The van der Waals surface area contributed by atoms with Gasteiger partial charge >= 0.3 is 0 Å². The van der Waals surface area contributed by atoms with Crippen LogP contribution in [-0.4, -0.2) is 25.6 Å². The number of hydrogen-bond donors (Lipinski definition) is 1. The van der Waals surface area contributed by atoms with Crippen LogP contribution < -0.4 is 5.32 Å². The molecule has 20 heavy (non-hydrogen) atoms. The second kappa shape index (κ2) is 7.24. The average Bonchev–Trinajstić information content (AvgIpc) is 3.04. The van der Waals surface area contributed by atoms with Crippen molar-refractivity contribution >= 4 is 0 Å². The minimum atomic E-state index is 0.216. The Bertz CT molecular complexity index is 514. The fourth-order valence-electron chi connectivity index (χ4n) is 2.44. The number of nitrogens with zero attached hydrogens (tertiary/aromatic N) is 4. The topological polar surface area (TPSA) is 47.7 Å². The van der Waals surface area contributed by atoms with Crippen molar-refractivity contribution in [3.63, 3.8) is 0 Å². The zero-order chi connectivity index (χ0) is 14.4. The highest BCUT2D eigenvalue weighted by atomic mass is 15.1. The summed E-state index contributed by atoms with van der Waals surface area (Å²) in [6, 6.07) is 0.216. The Morgan fingerprint density at radius 3 is 2.60 bits per heavy atom. The third kappa shape index (κ3) is 3.48. The lowest BCUT2D eigenvalue weighted by Gasteiger charge is -2.18. The Balaban J connectivity index is 2.15. The molecule has 0 aliphatic rings. The summed E-state index contributed by atoms with van der Waals surface area (Å²) in [5, 5.41) is 3.58. The maximum atomic E-state index is 4.51. The molecule has 2 rings (SSSR count). The third-order valence-electron chi connectivity index (χ3n) is 3.46. The molecule has 0 aromatic carbocycles. The molecule has 0 fully saturated rings. The van der Waals surface area contributed by atoms with E-state index in [2.05, 4.69) is 44.5 Å². The Hall–Kier alpha value is -1.62. The van der Waals surface area contributed by atoms with Gasteiger partial charge in [-0.15, -0.1) is 0 Å². The molecule has 0 spiro atoms. The largest absolute Gasteiger partial charge is 0.337 e. The van der Waals surface area contributed by atoms with E-state index in [1.165, 1.54) is 0 Å². The summed E-state index contributed by atoms with van der Waals surface area (Å²) >= 11 is 0. The average molecular weight is 275 g/mol. The standard InChI is InChI=1S/C15H25N5/c1-4-6-16-13(15-18-7-10-19(15)3)12-14-17-8-11-20(14)9-5-2/h7-8,10-11,13,16H,4-6,9,12H2,1-3H3. The first-order valence-corrected chi connectivity index (χ1v) is 7.46. The van der Waals surface area contributed by atoms with Crippen molar-refractivity contribution in [3.05, 3.63) is 36.4 Å². The Kier molecular flexibility index (Phi) is 5.35. The van der Waals surface area contributed by atoms with Crippen LogP contribution in [0.1, 0.15) is 44.4 Å². The van der Waals surface area contributed by atoms with Crippen molar-refractivity contribution in [2.45, 2.75) is 45.7 Å². The highest BCUT2D eigenvalue weighted by molar-refractivity contribution is 5.05. The van der Waals surface area contributed by atoms with Gasteiger partial charge in [0.25, 0.3) is 0 Å². The predicted octanol–water partition coefficient (Wildman–Crippen LogP) is 2.31. The molecule has 0 aliphatic heterocycles. The van der Waals surface area contributed by atoms with Crippen LogP contribution in [0.3, 0.4) is 0 Å². The molecule has 2 heterocycles. The quantitative estimate of drug-likeness (QED) is 0.804. The van der Waals surface area contributed by atoms with Gasteiger partial charge in [0.05, 0.1) is 6.04 Å². The summed E-state index contributed by atoms with van der Waals surface area (Å²) < 4.78 is 4.32. The molecule has 2 aromatic rings. The van der Waals surface area contributed by atoms with Gasteiger partial charge in [-0.2, -0.15) is 0 Å². The molecule has 0 bridgehead atoms. The third-order valence-corrected chi connectivity index (χ3v) is 3.46. The Labute approximate surface area is 121 Å². The minimum absolute atomic E-state index is 0.216. The molecule has 5 nitrogen and oxygen atoms in total. The van der Waals surface area contributed by atoms with Gasteiger partial charge in [-0.05, 0) is 19.4 Å². The van der Waals surface area contributed by atoms with Crippen LogP contribution in [0.4, 0.5) is 0 Å². The van der Waals surface area contributed by atoms with Gasteiger partial charge in [-0.1, -0.05) is 13.8 Å². The summed E-state index contributed by atoms with van der Waals surface area (Å²) in [5.74, 6) is 2.20. The molecule has 0 radical (unpaired) electrons. The molecule has 1 N–H and O–H groups in total. The number of aromatic nitrogens is 4. The predicted molar refractivity (Wildman–Crippen MR) is 80.5 cm³/mol. The van der Waals surface area contributed by atoms with Crippen LogP contribution >= 0.6 is 0 Å². The van der Waals surface area contributed by atoms with E-state index in [-0.39, 0.29) is 6.04 Å². The molecular weight excluding hydrogens is 250 g/mol. The summed E-state index contributed by atoms with van der Waals surface area (Å²) in [6.07, 6.45) is 10.9. The van der Waals surface area contributed by atoms with E-state index < -0.39 is 0 Å². The molecule has 0 amide bonds. The lowest BCUT2D eigenvalue weighted by atomic mass is 10.1. The molecular formula is C15H25N5. The van der Waals surface area contributed by atoms with Crippen LogP contribution in [0.15, 0.2) is 24.8 Å². The van der Waals surface area contributed by atoms with Crippen LogP contribution in [0.25, 0.3) is 0 Å². The SMILES string of the molecule is CCCNC(Cc1nccn1CCC)c1nccn1C. The van der Waals surface area contributed by atoms with E-state index in [0.29, 0.717) is 0 Å². The lowest BCUT2D eigenvalue weighted by Crippen LogP contribution is -2.27. The fourth-order valence-corrected chi connectivity index (χ4v) is 2.44. The van der Waals surface area contributed by atoms with Gasteiger partial charge in [-0.25, -0.2) is 9.97 Å². The maximum absolute atomic E-state index is 4.51. The van der Waals surface area contributed by atoms with E-state index in [4.69, 9.17) is 0 Å². The molecule has 110 valence electrons. The van der Waals surface area contributed by atoms with Crippen molar-refractivity contribution in [2.24, 2.45) is 7.05 Å². The highest BCUT2D eigenvalue weighted by Gasteiger charge is 2.18. The molecule has 1 unspecified atom stereocenters. The van der Waals surface area contributed by atoms with Crippen LogP contribution in [0.5, 0.6) is 0 Å². The van der Waals surface area contributed by atoms with Crippen LogP contribution in [0, 0.1) is 0 Å². The maximum Gasteiger partial charge on any atom is 0.126 e. The zero-order valence-electron chi connectivity index (χ0n) is 12.7. The number of nitrogens with one attached hydrogen (secondary N) is 1. The van der Waals surface area contributed by atoms with Gasteiger partial charge in [0.1, 0.15) is 11.6 Å². The first-order chi connectivity index (χ1) is 9.76. The summed E-state index contributed by atoms with van der Waals surface area (Å²) in [7, 11) is 2.04. The highest BCUT2D eigenvalue weighted by Crippen LogP contribution is 2.16. The van der Waals surface area contributed by atoms with Gasteiger partial charge < -0.3 is 14.5 Å². The molecule has 0 saturated heterocycles. The minimum Gasteiger partial charge on any atom is -0.337 e. The van der Waals surface area contributed by atoms with Gasteiger partial charge in [0.15, 0.2) is 0 Å². The molecule has 2 aromatic heterocycles. The van der Waals surface area contributed by atoms with E-state index in [1.54, 1.807) is 0 Å². The van der Waals surface area contributed by atoms with Crippen molar-refractivity contribution < 1.29 is 0 Å². The zero-order valence-corrected chi connectivity index (χ0v) is 12.7. The number of imidazole rings is 2. The van der Waals surface area contributed by atoms with Crippen molar-refractivity contribution in [3.8, 4) is 0 Å². The van der Waals surface area contributed by atoms with E-state index in [9.17, 15) is 0 Å². The van der Waals surface area contributed by atoms with Crippen molar-refractivity contribution in [1.29, 1.82) is 0 Å². The first kappa shape index (κ1) is 14.8. The summed E-state index contributed by atoms with van der Waals surface area (Å²) in [5.41, 5.74) is 0.